The first-order valence-corrected chi connectivity index (χ1v) is 4.38. The van der Waals surface area contributed by atoms with Gasteiger partial charge in [-0.25, -0.2) is 4.98 Å². The molecule has 0 aliphatic heterocycles. The van der Waals surface area contributed by atoms with Gasteiger partial charge in [-0.05, 0) is 24.3 Å². The van der Waals surface area contributed by atoms with Crippen molar-refractivity contribution in [3.63, 3.8) is 0 Å². The Balaban J connectivity index is 2.92. The van der Waals surface area contributed by atoms with Crippen LogP contribution in [0, 0.1) is 0 Å². The van der Waals surface area contributed by atoms with Crippen LogP contribution in [0.3, 0.4) is 0 Å². The van der Waals surface area contributed by atoms with Crippen LogP contribution in [0.25, 0.3) is 10.9 Å². The lowest BCUT2D eigenvalue weighted by Crippen LogP contribution is -1.81. The molecule has 66 valence electrons. The molecular formula is C9H5Cl2NO. The summed E-state index contributed by atoms with van der Waals surface area (Å²) in [6, 6.07) is 6.41. The molecular weight excluding hydrogens is 209 g/mol. The van der Waals surface area contributed by atoms with E-state index in [4.69, 9.17) is 23.2 Å². The number of nitrogens with zero attached hydrogens (tertiary/aromatic N) is 1. The molecule has 0 atom stereocenters. The molecule has 0 amide bonds. The third-order valence-corrected chi connectivity index (χ3v) is 2.27. The van der Waals surface area contributed by atoms with E-state index in [9.17, 15) is 5.11 Å². The fourth-order valence-corrected chi connectivity index (χ4v) is 1.50. The van der Waals surface area contributed by atoms with Crippen molar-refractivity contribution >= 4 is 34.1 Å². The van der Waals surface area contributed by atoms with Crippen LogP contribution in [0.1, 0.15) is 0 Å². The quantitative estimate of drug-likeness (QED) is 0.682. The topological polar surface area (TPSA) is 33.1 Å². The Morgan fingerprint density at radius 3 is 2.62 bits per heavy atom. The van der Waals surface area contributed by atoms with Gasteiger partial charge in [-0.3, -0.25) is 0 Å². The first kappa shape index (κ1) is 8.60. The maximum Gasteiger partial charge on any atom is 0.129 e. The van der Waals surface area contributed by atoms with Crippen molar-refractivity contribution in [3.8, 4) is 5.75 Å². The molecule has 0 spiro atoms. The van der Waals surface area contributed by atoms with Crippen molar-refractivity contribution in [1.82, 2.24) is 4.98 Å². The van der Waals surface area contributed by atoms with Gasteiger partial charge in [0, 0.05) is 5.39 Å². The molecule has 0 saturated heterocycles. The summed E-state index contributed by atoms with van der Waals surface area (Å²) in [5, 5.41) is 10.9. The number of fused-ring (bicyclic) bond motifs is 1. The van der Waals surface area contributed by atoms with Gasteiger partial charge in [0.05, 0.1) is 10.5 Å². The molecule has 0 fully saturated rings. The van der Waals surface area contributed by atoms with Crippen LogP contribution in [0.2, 0.25) is 10.2 Å². The summed E-state index contributed by atoms with van der Waals surface area (Å²) >= 11 is 11.6. The average Bonchev–Trinajstić information content (AvgIpc) is 2.12. The highest BCUT2D eigenvalue weighted by Gasteiger charge is 2.04. The molecule has 1 heterocycles. The second-order valence-corrected chi connectivity index (χ2v) is 3.39. The van der Waals surface area contributed by atoms with Gasteiger partial charge in [-0.1, -0.05) is 23.2 Å². The zero-order valence-corrected chi connectivity index (χ0v) is 7.97. The molecule has 13 heavy (non-hydrogen) atoms. The van der Waals surface area contributed by atoms with E-state index in [1.165, 1.54) is 6.07 Å². The summed E-state index contributed by atoms with van der Waals surface area (Å²) in [6.07, 6.45) is 0. The van der Waals surface area contributed by atoms with Crippen LogP contribution in [0.4, 0.5) is 0 Å². The Morgan fingerprint density at radius 2 is 1.85 bits per heavy atom. The number of pyridine rings is 1. The molecule has 2 nitrogen and oxygen atoms in total. The van der Waals surface area contributed by atoms with E-state index >= 15 is 0 Å². The van der Waals surface area contributed by atoms with Crippen molar-refractivity contribution in [1.29, 1.82) is 0 Å². The minimum atomic E-state index is 0.156. The molecule has 2 aromatic rings. The molecule has 0 unspecified atom stereocenters. The molecule has 0 aliphatic rings. The number of phenols is 1. The minimum Gasteiger partial charge on any atom is -0.507 e. The minimum absolute atomic E-state index is 0.156. The lowest BCUT2D eigenvalue weighted by Gasteiger charge is -2.01. The smallest absolute Gasteiger partial charge is 0.129 e. The zero-order chi connectivity index (χ0) is 9.42. The lowest BCUT2D eigenvalue weighted by atomic mass is 10.2. The van der Waals surface area contributed by atoms with Crippen LogP contribution in [0.15, 0.2) is 24.3 Å². The Hall–Kier alpha value is -0.990. The Morgan fingerprint density at radius 1 is 1.08 bits per heavy atom. The van der Waals surface area contributed by atoms with Crippen LogP contribution in [0.5, 0.6) is 5.75 Å². The Kier molecular flexibility index (Phi) is 2.02. The third-order valence-electron chi connectivity index (χ3n) is 1.75. The summed E-state index contributed by atoms with van der Waals surface area (Å²) in [6.45, 7) is 0. The predicted molar refractivity (Wildman–Crippen MR) is 53.4 cm³/mol. The molecule has 0 bridgehead atoms. The standard InChI is InChI=1S/C9H5Cl2NO/c10-6-2-3-7(13)5-1-4-8(11)12-9(5)6/h1-4,13H. The first-order chi connectivity index (χ1) is 6.18. The molecule has 2 rings (SSSR count). The third kappa shape index (κ3) is 1.43. The monoisotopic (exact) mass is 213 g/mol. The molecule has 1 aromatic heterocycles. The van der Waals surface area contributed by atoms with Crippen molar-refractivity contribution in [3.05, 3.63) is 34.4 Å². The van der Waals surface area contributed by atoms with Gasteiger partial charge in [-0.15, -0.1) is 0 Å². The van der Waals surface area contributed by atoms with Gasteiger partial charge in [0.15, 0.2) is 0 Å². The molecule has 0 radical (unpaired) electrons. The summed E-state index contributed by atoms with van der Waals surface area (Å²) in [4.78, 5) is 4.01. The maximum absolute atomic E-state index is 9.44. The van der Waals surface area contributed by atoms with Gasteiger partial charge in [0.2, 0.25) is 0 Å². The molecule has 1 N–H and O–H groups in total. The SMILES string of the molecule is Oc1ccc(Cl)c2nc(Cl)ccc12. The van der Waals surface area contributed by atoms with E-state index in [0.717, 1.165) is 0 Å². The highest BCUT2D eigenvalue weighted by atomic mass is 35.5. The number of halogens is 2. The Labute approximate surface area is 84.7 Å². The van der Waals surface area contributed by atoms with Crippen molar-refractivity contribution in [2.24, 2.45) is 0 Å². The summed E-state index contributed by atoms with van der Waals surface area (Å²) in [7, 11) is 0. The number of aromatic nitrogens is 1. The van der Waals surface area contributed by atoms with E-state index in [-0.39, 0.29) is 5.75 Å². The van der Waals surface area contributed by atoms with Gasteiger partial charge in [0.1, 0.15) is 10.9 Å². The molecule has 0 aliphatic carbocycles. The lowest BCUT2D eigenvalue weighted by molar-refractivity contribution is 0.481. The highest BCUT2D eigenvalue weighted by molar-refractivity contribution is 6.36. The predicted octanol–water partition coefficient (Wildman–Crippen LogP) is 3.25. The average molecular weight is 214 g/mol. The number of rotatable bonds is 0. The fourth-order valence-electron chi connectivity index (χ4n) is 1.14. The summed E-state index contributed by atoms with van der Waals surface area (Å²) < 4.78 is 0. The van der Waals surface area contributed by atoms with Crippen molar-refractivity contribution in [2.75, 3.05) is 0 Å². The van der Waals surface area contributed by atoms with E-state index in [1.54, 1.807) is 18.2 Å². The highest BCUT2D eigenvalue weighted by Crippen LogP contribution is 2.29. The van der Waals surface area contributed by atoms with Crippen LogP contribution < -0.4 is 0 Å². The zero-order valence-electron chi connectivity index (χ0n) is 6.46. The second kappa shape index (κ2) is 3.05. The van der Waals surface area contributed by atoms with Crippen LogP contribution in [-0.4, -0.2) is 10.1 Å². The van der Waals surface area contributed by atoms with E-state index in [2.05, 4.69) is 4.98 Å². The van der Waals surface area contributed by atoms with Crippen molar-refractivity contribution in [2.45, 2.75) is 0 Å². The number of aromatic hydroxyl groups is 1. The normalized spacial score (nSPS) is 10.6. The van der Waals surface area contributed by atoms with Gasteiger partial charge in [0.25, 0.3) is 0 Å². The van der Waals surface area contributed by atoms with Gasteiger partial charge in [-0.2, -0.15) is 0 Å². The molecule has 4 heteroatoms. The first-order valence-electron chi connectivity index (χ1n) is 3.62. The van der Waals surface area contributed by atoms with Crippen LogP contribution in [-0.2, 0) is 0 Å². The fraction of sp³-hybridized carbons (Fsp3) is 0. The van der Waals surface area contributed by atoms with E-state index < -0.39 is 0 Å². The van der Waals surface area contributed by atoms with Crippen LogP contribution >= 0.6 is 23.2 Å². The van der Waals surface area contributed by atoms with Gasteiger partial charge >= 0.3 is 0 Å². The Bertz CT molecular complexity index is 470. The van der Waals surface area contributed by atoms with E-state index in [1.807, 2.05) is 0 Å². The van der Waals surface area contributed by atoms with Gasteiger partial charge < -0.3 is 5.11 Å². The number of hydrogen-bond donors (Lipinski definition) is 1. The van der Waals surface area contributed by atoms with E-state index in [0.29, 0.717) is 21.1 Å². The summed E-state index contributed by atoms with van der Waals surface area (Å²) in [5.74, 6) is 0.156. The molecule has 1 aromatic carbocycles. The number of hydrogen-bond acceptors (Lipinski definition) is 2. The maximum atomic E-state index is 9.44. The largest absolute Gasteiger partial charge is 0.507 e. The number of benzene rings is 1. The molecule has 0 saturated carbocycles. The number of phenolic OH excluding ortho intramolecular Hbond substituents is 1. The van der Waals surface area contributed by atoms with Crippen molar-refractivity contribution < 1.29 is 5.11 Å². The summed E-state index contributed by atoms with van der Waals surface area (Å²) in [5.41, 5.74) is 0.522. The second-order valence-electron chi connectivity index (χ2n) is 2.60.